The lowest BCUT2D eigenvalue weighted by Crippen LogP contribution is -2.11. The Morgan fingerprint density at radius 2 is 2.00 bits per heavy atom. The molecule has 0 fully saturated rings. The van der Waals surface area contributed by atoms with Gasteiger partial charge < -0.3 is 0 Å². The predicted octanol–water partition coefficient (Wildman–Crippen LogP) is 3.70. The molecule has 2 heteroatoms. The van der Waals surface area contributed by atoms with E-state index in [4.69, 9.17) is 12.6 Å². The second-order valence-electron chi connectivity index (χ2n) is 3.19. The van der Waals surface area contributed by atoms with Crippen molar-refractivity contribution in [1.82, 2.24) is 0 Å². The number of hydrogen-bond acceptors (Lipinski definition) is 1. The monoisotopic (exact) mass is 177 g/mol. The normalized spacial score (nSPS) is 17.4. The lowest BCUT2D eigenvalue weighted by molar-refractivity contribution is 0.742. The highest BCUT2D eigenvalue weighted by atomic mass is 32.2. The topological polar surface area (TPSA) is 0 Å². The molecule has 0 aromatic heterocycles. The summed E-state index contributed by atoms with van der Waals surface area (Å²) in [5, 5.41) is 0. The molecule has 0 aliphatic heterocycles. The van der Waals surface area contributed by atoms with Crippen LogP contribution in [0.2, 0.25) is 0 Å². The average molecular weight is 177 g/mol. The van der Waals surface area contributed by atoms with Gasteiger partial charge in [-0.3, -0.25) is 0 Å². The minimum atomic E-state index is 0.0737. The molecule has 61 valence electrons. The minimum absolute atomic E-state index is 0.0737. The Morgan fingerprint density at radius 1 is 1.50 bits per heavy atom. The zero-order valence-corrected chi connectivity index (χ0v) is 8.94. The van der Waals surface area contributed by atoms with Crippen molar-refractivity contribution in [3.63, 3.8) is 0 Å². The molecule has 0 aliphatic rings. The van der Waals surface area contributed by atoms with Gasteiger partial charge in [0.05, 0.1) is 4.08 Å². The molecule has 0 saturated carbocycles. The largest absolute Gasteiger partial charge is 0.143 e. The first kappa shape index (κ1) is 10.7. The first-order valence-corrected chi connectivity index (χ1v) is 5.21. The summed E-state index contributed by atoms with van der Waals surface area (Å²) >= 11 is 7.23. The van der Waals surface area contributed by atoms with Gasteiger partial charge in [0.2, 0.25) is 0 Å². The summed E-state index contributed by atoms with van der Waals surface area (Å²) in [5.41, 5.74) is 0. The van der Waals surface area contributed by atoms with Crippen molar-refractivity contribution in [2.75, 3.05) is 5.75 Å². The van der Waals surface area contributed by atoms with Gasteiger partial charge in [-0.2, -0.15) is 0 Å². The Labute approximate surface area is 74.6 Å². The highest BCUT2D eigenvalue weighted by Crippen LogP contribution is 2.33. The highest BCUT2D eigenvalue weighted by Gasteiger charge is 2.17. The lowest BCUT2D eigenvalue weighted by Gasteiger charge is -2.20. The van der Waals surface area contributed by atoms with Crippen LogP contribution in [0, 0.1) is 5.92 Å². The molecule has 10 heavy (non-hydrogen) atoms. The molecule has 0 aliphatic carbocycles. The summed E-state index contributed by atoms with van der Waals surface area (Å²) in [6.07, 6.45) is 1.08. The van der Waals surface area contributed by atoms with E-state index in [2.05, 4.69) is 27.7 Å². The number of rotatable bonds is 4. The smallest absolute Gasteiger partial charge is 0.0684 e. The molecule has 0 aromatic carbocycles. The van der Waals surface area contributed by atoms with Crippen LogP contribution >= 0.6 is 24.4 Å². The SMILES string of the molecule is CCC(C)([S])SCC(C)C. The summed E-state index contributed by atoms with van der Waals surface area (Å²) < 4.78 is 0.0737. The Kier molecular flexibility index (Phi) is 4.87. The van der Waals surface area contributed by atoms with Crippen LogP contribution in [0.25, 0.3) is 0 Å². The van der Waals surface area contributed by atoms with Crippen LogP contribution in [0.4, 0.5) is 0 Å². The van der Waals surface area contributed by atoms with Crippen molar-refractivity contribution in [3.05, 3.63) is 0 Å². The molecular weight excluding hydrogens is 160 g/mol. The third-order valence-corrected chi connectivity index (χ3v) is 3.74. The van der Waals surface area contributed by atoms with E-state index in [1.807, 2.05) is 11.8 Å². The fourth-order valence-electron chi connectivity index (χ4n) is 0.445. The van der Waals surface area contributed by atoms with E-state index in [0.29, 0.717) is 0 Å². The van der Waals surface area contributed by atoms with E-state index in [0.717, 1.165) is 12.3 Å². The van der Waals surface area contributed by atoms with Crippen LogP contribution < -0.4 is 0 Å². The maximum Gasteiger partial charge on any atom is 0.0684 e. The molecule has 0 rings (SSSR count). The van der Waals surface area contributed by atoms with Crippen molar-refractivity contribution in [2.24, 2.45) is 5.92 Å². The van der Waals surface area contributed by atoms with Crippen LogP contribution in [0.5, 0.6) is 0 Å². The third-order valence-electron chi connectivity index (χ3n) is 1.36. The molecule has 0 amide bonds. The van der Waals surface area contributed by atoms with E-state index >= 15 is 0 Å². The van der Waals surface area contributed by atoms with Gasteiger partial charge >= 0.3 is 0 Å². The zero-order chi connectivity index (χ0) is 8.20. The van der Waals surface area contributed by atoms with Crippen molar-refractivity contribution in [3.8, 4) is 0 Å². The van der Waals surface area contributed by atoms with E-state index < -0.39 is 0 Å². The predicted molar refractivity (Wildman–Crippen MR) is 53.6 cm³/mol. The van der Waals surface area contributed by atoms with Gasteiger partial charge in [0.1, 0.15) is 0 Å². The number of thioether (sulfide) groups is 1. The summed E-state index contributed by atoms with van der Waals surface area (Å²) in [7, 11) is 0. The number of hydrogen-bond donors (Lipinski definition) is 0. The van der Waals surface area contributed by atoms with Gasteiger partial charge in [0, 0.05) is 0 Å². The molecule has 0 saturated heterocycles. The molecule has 1 unspecified atom stereocenters. The van der Waals surface area contributed by atoms with Crippen molar-refractivity contribution < 1.29 is 0 Å². The van der Waals surface area contributed by atoms with Gasteiger partial charge in [0.15, 0.2) is 0 Å². The Balaban J connectivity index is 3.46. The van der Waals surface area contributed by atoms with Crippen LogP contribution in [-0.4, -0.2) is 9.83 Å². The Bertz CT molecular complexity index is 87.3. The Morgan fingerprint density at radius 3 is 2.30 bits per heavy atom. The second kappa shape index (κ2) is 4.55. The lowest BCUT2D eigenvalue weighted by atomic mass is 10.3. The van der Waals surface area contributed by atoms with Gasteiger partial charge in [-0.15, -0.1) is 11.8 Å². The van der Waals surface area contributed by atoms with E-state index in [-0.39, 0.29) is 4.08 Å². The molecular formula is C8H17S2. The molecule has 0 spiro atoms. The molecule has 0 aromatic rings. The van der Waals surface area contributed by atoms with Crippen LogP contribution in [0.15, 0.2) is 0 Å². The van der Waals surface area contributed by atoms with E-state index in [1.165, 1.54) is 5.75 Å². The Hall–Kier alpha value is 0.700. The van der Waals surface area contributed by atoms with E-state index in [9.17, 15) is 0 Å². The summed E-state index contributed by atoms with van der Waals surface area (Å²) in [4.78, 5) is 0. The maximum absolute atomic E-state index is 5.33. The highest BCUT2D eigenvalue weighted by molar-refractivity contribution is 8.11. The van der Waals surface area contributed by atoms with Gasteiger partial charge in [-0.25, -0.2) is 0 Å². The standard InChI is InChI=1S/C8H17S2/c1-5-8(4,9)10-6-7(2)3/h7H,5-6H2,1-4H3. The van der Waals surface area contributed by atoms with Gasteiger partial charge in [0.25, 0.3) is 0 Å². The molecule has 0 bridgehead atoms. The van der Waals surface area contributed by atoms with Gasteiger partial charge in [-0.05, 0) is 25.0 Å². The maximum atomic E-state index is 5.33. The van der Waals surface area contributed by atoms with Crippen molar-refractivity contribution in [1.29, 1.82) is 0 Å². The fourth-order valence-corrected chi connectivity index (χ4v) is 1.54. The molecule has 1 atom stereocenters. The first-order chi connectivity index (χ1) is 4.48. The fraction of sp³-hybridized carbons (Fsp3) is 1.00. The third kappa shape index (κ3) is 5.48. The summed E-state index contributed by atoms with van der Waals surface area (Å²) in [6, 6.07) is 0. The van der Waals surface area contributed by atoms with Crippen LogP contribution in [0.1, 0.15) is 34.1 Å². The first-order valence-electron chi connectivity index (χ1n) is 3.82. The minimum Gasteiger partial charge on any atom is -0.143 e. The van der Waals surface area contributed by atoms with Crippen molar-refractivity contribution in [2.45, 2.75) is 38.2 Å². The quantitative estimate of drug-likeness (QED) is 0.631. The summed E-state index contributed by atoms with van der Waals surface area (Å²) in [6.45, 7) is 8.75. The zero-order valence-electron chi connectivity index (χ0n) is 7.31. The molecule has 1 radical (unpaired) electrons. The van der Waals surface area contributed by atoms with Crippen LogP contribution in [-0.2, 0) is 0 Å². The molecule has 0 heterocycles. The average Bonchev–Trinajstić information content (AvgIpc) is 1.85. The van der Waals surface area contributed by atoms with Crippen molar-refractivity contribution >= 4 is 24.4 Å². The molecule has 0 nitrogen and oxygen atoms in total. The van der Waals surface area contributed by atoms with E-state index in [1.54, 1.807) is 0 Å². The second-order valence-corrected chi connectivity index (χ2v) is 5.87. The van der Waals surface area contributed by atoms with Gasteiger partial charge in [-0.1, -0.05) is 33.4 Å². The van der Waals surface area contributed by atoms with Crippen LogP contribution in [0.3, 0.4) is 0 Å². The summed E-state index contributed by atoms with van der Waals surface area (Å²) in [5.74, 6) is 1.95. The molecule has 0 N–H and O–H groups in total.